The van der Waals surface area contributed by atoms with Crippen LogP contribution in [0.5, 0.6) is 0 Å². The minimum absolute atomic E-state index is 0.0442. The zero-order chi connectivity index (χ0) is 15.7. The normalized spacial score (nSPS) is 18.1. The van der Waals surface area contributed by atoms with E-state index in [2.05, 4.69) is 0 Å². The molecular weight excluding hydrogens is 292 g/mol. The van der Waals surface area contributed by atoms with E-state index in [1.54, 1.807) is 0 Å². The van der Waals surface area contributed by atoms with Gasteiger partial charge in [0.05, 0.1) is 78.8 Å². The summed E-state index contributed by atoms with van der Waals surface area (Å²) in [5.74, 6) is 0. The van der Waals surface area contributed by atoms with Crippen molar-refractivity contribution in [2.75, 3.05) is 79.3 Å². The SMILES string of the molecule is OCCOCCOCCOCCOCCOCC1CCCO1. The lowest BCUT2D eigenvalue weighted by atomic mass is 10.2. The van der Waals surface area contributed by atoms with Gasteiger partial charge in [0.25, 0.3) is 0 Å². The van der Waals surface area contributed by atoms with Crippen LogP contribution in [0.15, 0.2) is 0 Å². The molecule has 22 heavy (non-hydrogen) atoms. The van der Waals surface area contributed by atoms with Gasteiger partial charge in [0.2, 0.25) is 0 Å². The Kier molecular flexibility index (Phi) is 14.0. The van der Waals surface area contributed by atoms with Gasteiger partial charge < -0.3 is 33.5 Å². The summed E-state index contributed by atoms with van der Waals surface area (Å²) in [7, 11) is 0. The maximum atomic E-state index is 8.50. The minimum Gasteiger partial charge on any atom is -0.394 e. The first-order valence-electron chi connectivity index (χ1n) is 8.04. The van der Waals surface area contributed by atoms with Gasteiger partial charge >= 0.3 is 0 Å². The molecule has 0 amide bonds. The summed E-state index contributed by atoms with van der Waals surface area (Å²) in [6.45, 7) is 6.30. The highest BCUT2D eigenvalue weighted by atomic mass is 16.6. The van der Waals surface area contributed by atoms with Crippen LogP contribution in [0.25, 0.3) is 0 Å². The van der Waals surface area contributed by atoms with Gasteiger partial charge in [-0.2, -0.15) is 0 Å². The first-order valence-corrected chi connectivity index (χ1v) is 8.04. The number of ether oxygens (including phenoxy) is 6. The molecule has 1 atom stereocenters. The summed E-state index contributed by atoms with van der Waals surface area (Å²) in [6.07, 6.45) is 2.52. The van der Waals surface area contributed by atoms with Crippen LogP contribution in [0.4, 0.5) is 0 Å². The molecule has 7 heteroatoms. The third-order valence-electron chi connectivity index (χ3n) is 3.05. The van der Waals surface area contributed by atoms with E-state index < -0.39 is 0 Å². The van der Waals surface area contributed by atoms with Crippen LogP contribution in [0, 0.1) is 0 Å². The van der Waals surface area contributed by atoms with Crippen LogP contribution in [0.1, 0.15) is 12.8 Å². The van der Waals surface area contributed by atoms with E-state index >= 15 is 0 Å². The summed E-state index contributed by atoms with van der Waals surface area (Å²) >= 11 is 0. The molecule has 1 rings (SSSR count). The first-order chi connectivity index (χ1) is 10.9. The Morgan fingerprint density at radius 1 is 0.727 bits per heavy atom. The van der Waals surface area contributed by atoms with Crippen LogP contribution in [-0.4, -0.2) is 90.5 Å². The second kappa shape index (κ2) is 15.6. The second-order valence-corrected chi connectivity index (χ2v) is 4.88. The van der Waals surface area contributed by atoms with Crippen LogP contribution >= 0.6 is 0 Å². The minimum atomic E-state index is 0.0442. The van der Waals surface area contributed by atoms with E-state index in [1.165, 1.54) is 0 Å². The smallest absolute Gasteiger partial charge is 0.0809 e. The lowest BCUT2D eigenvalue weighted by molar-refractivity contribution is -0.0255. The number of aliphatic hydroxyl groups is 1. The summed E-state index contributed by atoms with van der Waals surface area (Å²) in [5, 5.41) is 8.50. The lowest BCUT2D eigenvalue weighted by Crippen LogP contribution is -2.17. The molecule has 1 aliphatic rings. The number of hydrogen-bond donors (Lipinski definition) is 1. The second-order valence-electron chi connectivity index (χ2n) is 4.88. The maximum absolute atomic E-state index is 8.50. The molecule has 0 saturated carbocycles. The molecule has 0 aromatic carbocycles. The highest BCUT2D eigenvalue weighted by molar-refractivity contribution is 4.63. The first kappa shape index (κ1) is 19.8. The van der Waals surface area contributed by atoms with Gasteiger partial charge in [0, 0.05) is 6.61 Å². The van der Waals surface area contributed by atoms with Crippen molar-refractivity contribution in [1.82, 2.24) is 0 Å². The molecule has 0 bridgehead atoms. The Hall–Kier alpha value is -0.280. The number of aliphatic hydroxyl groups excluding tert-OH is 1. The average Bonchev–Trinajstić information content (AvgIpc) is 3.04. The van der Waals surface area contributed by atoms with Crippen molar-refractivity contribution in [3.63, 3.8) is 0 Å². The fourth-order valence-corrected chi connectivity index (χ4v) is 1.93. The number of hydrogen-bond acceptors (Lipinski definition) is 7. The Labute approximate surface area is 132 Å². The molecule has 0 aromatic heterocycles. The summed E-state index contributed by atoms with van der Waals surface area (Å²) in [5.41, 5.74) is 0. The van der Waals surface area contributed by atoms with Gasteiger partial charge in [0.15, 0.2) is 0 Å². The van der Waals surface area contributed by atoms with Crippen molar-refractivity contribution in [1.29, 1.82) is 0 Å². The van der Waals surface area contributed by atoms with Gasteiger partial charge in [-0.05, 0) is 12.8 Å². The molecule has 1 heterocycles. The summed E-state index contributed by atoms with van der Waals surface area (Å²) in [4.78, 5) is 0. The van der Waals surface area contributed by atoms with E-state index in [-0.39, 0.29) is 12.7 Å². The fraction of sp³-hybridized carbons (Fsp3) is 1.00. The van der Waals surface area contributed by atoms with Crippen molar-refractivity contribution < 1.29 is 33.5 Å². The van der Waals surface area contributed by atoms with Crippen molar-refractivity contribution in [2.24, 2.45) is 0 Å². The Balaban J connectivity index is 1.64. The molecule has 7 nitrogen and oxygen atoms in total. The molecular formula is C15H30O7. The van der Waals surface area contributed by atoms with Gasteiger partial charge in [0.1, 0.15) is 0 Å². The van der Waals surface area contributed by atoms with E-state index in [4.69, 9.17) is 33.5 Å². The molecule has 0 spiro atoms. The van der Waals surface area contributed by atoms with Crippen LogP contribution in [0.3, 0.4) is 0 Å². The molecule has 0 aromatic rings. The zero-order valence-electron chi connectivity index (χ0n) is 13.4. The van der Waals surface area contributed by atoms with Crippen molar-refractivity contribution in [2.45, 2.75) is 18.9 Å². The molecule has 1 fully saturated rings. The predicted octanol–water partition coefficient (Wildman–Crippen LogP) is 0.241. The highest BCUT2D eigenvalue weighted by Crippen LogP contribution is 2.11. The molecule has 0 aliphatic carbocycles. The van der Waals surface area contributed by atoms with E-state index in [1.807, 2.05) is 0 Å². The fourth-order valence-electron chi connectivity index (χ4n) is 1.93. The topological polar surface area (TPSA) is 75.6 Å². The van der Waals surface area contributed by atoms with Crippen molar-refractivity contribution in [3.05, 3.63) is 0 Å². The Bertz CT molecular complexity index is 222. The van der Waals surface area contributed by atoms with E-state index in [0.29, 0.717) is 66.1 Å². The highest BCUT2D eigenvalue weighted by Gasteiger charge is 2.14. The van der Waals surface area contributed by atoms with Crippen molar-refractivity contribution in [3.8, 4) is 0 Å². The summed E-state index contributed by atoms with van der Waals surface area (Å²) in [6, 6.07) is 0. The monoisotopic (exact) mass is 322 g/mol. The van der Waals surface area contributed by atoms with E-state index in [0.717, 1.165) is 19.4 Å². The van der Waals surface area contributed by atoms with Crippen LogP contribution in [0.2, 0.25) is 0 Å². The number of rotatable bonds is 16. The van der Waals surface area contributed by atoms with E-state index in [9.17, 15) is 0 Å². The molecule has 132 valence electrons. The van der Waals surface area contributed by atoms with Crippen LogP contribution < -0.4 is 0 Å². The van der Waals surface area contributed by atoms with Gasteiger partial charge in [-0.3, -0.25) is 0 Å². The molecule has 0 radical (unpaired) electrons. The van der Waals surface area contributed by atoms with Gasteiger partial charge in [-0.25, -0.2) is 0 Å². The molecule has 1 saturated heterocycles. The molecule has 1 unspecified atom stereocenters. The lowest BCUT2D eigenvalue weighted by Gasteiger charge is -2.10. The average molecular weight is 322 g/mol. The third kappa shape index (κ3) is 12.3. The third-order valence-corrected chi connectivity index (χ3v) is 3.05. The predicted molar refractivity (Wildman–Crippen MR) is 80.2 cm³/mol. The molecule has 1 N–H and O–H groups in total. The Morgan fingerprint density at radius 2 is 1.23 bits per heavy atom. The summed E-state index contributed by atoms with van der Waals surface area (Å²) < 4.78 is 32.0. The van der Waals surface area contributed by atoms with Crippen LogP contribution in [-0.2, 0) is 28.4 Å². The maximum Gasteiger partial charge on any atom is 0.0809 e. The largest absolute Gasteiger partial charge is 0.394 e. The van der Waals surface area contributed by atoms with Gasteiger partial charge in [-0.15, -0.1) is 0 Å². The van der Waals surface area contributed by atoms with Gasteiger partial charge in [-0.1, -0.05) is 0 Å². The quantitative estimate of drug-likeness (QED) is 0.408. The zero-order valence-corrected chi connectivity index (χ0v) is 13.4. The standard InChI is InChI=1S/C15H30O7/c16-3-5-17-6-7-18-8-9-19-10-11-20-12-13-21-14-15-2-1-4-22-15/h15-16H,1-14H2. The molecule has 1 aliphatic heterocycles. The Morgan fingerprint density at radius 3 is 1.68 bits per heavy atom. The van der Waals surface area contributed by atoms with Crippen molar-refractivity contribution >= 4 is 0 Å².